The van der Waals surface area contributed by atoms with Crippen molar-refractivity contribution in [3.63, 3.8) is 0 Å². The Bertz CT molecular complexity index is 211. The number of hydrazine groups is 1. The zero-order valence-corrected chi connectivity index (χ0v) is 16.3. The van der Waals surface area contributed by atoms with Crippen LogP contribution in [-0.4, -0.2) is 76.9 Å². The molecule has 0 saturated carbocycles. The van der Waals surface area contributed by atoms with Gasteiger partial charge in [-0.05, 0) is 72.9 Å². The van der Waals surface area contributed by atoms with E-state index >= 15 is 0 Å². The van der Waals surface area contributed by atoms with E-state index in [1.807, 2.05) is 21.1 Å². The fourth-order valence-corrected chi connectivity index (χ4v) is 2.82. The lowest BCUT2D eigenvalue weighted by Gasteiger charge is -2.25. The van der Waals surface area contributed by atoms with E-state index in [9.17, 15) is 0 Å². The average molecular weight is 330 g/mol. The average Bonchev–Trinajstić information content (AvgIpc) is 2.63. The van der Waals surface area contributed by atoms with Gasteiger partial charge in [0.05, 0.1) is 0 Å². The molecule has 2 fully saturated rings. The number of rotatable bonds is 6. The molecule has 3 N–H and O–H groups in total. The molecule has 0 aromatic rings. The van der Waals surface area contributed by atoms with Crippen LogP contribution >= 0.6 is 0 Å². The summed E-state index contributed by atoms with van der Waals surface area (Å²) in [4.78, 5) is 2.54. The van der Waals surface area contributed by atoms with Gasteiger partial charge >= 0.3 is 0 Å². The van der Waals surface area contributed by atoms with Crippen molar-refractivity contribution in [3.05, 3.63) is 0 Å². The minimum Gasteiger partial charge on any atom is -0.320 e. The lowest BCUT2D eigenvalue weighted by Crippen LogP contribution is -2.38. The smallest absolute Gasteiger partial charge is 0.0130 e. The molecule has 0 unspecified atom stereocenters. The van der Waals surface area contributed by atoms with Gasteiger partial charge in [0.25, 0.3) is 0 Å². The van der Waals surface area contributed by atoms with Crippen LogP contribution in [0.4, 0.5) is 0 Å². The molecule has 2 rings (SSSR count). The Kier molecular flexibility index (Phi) is 18.0. The predicted octanol–water partition coefficient (Wildman–Crippen LogP) is 1.91. The van der Waals surface area contributed by atoms with Crippen LogP contribution in [0.1, 0.15) is 51.9 Å². The molecule has 5 heteroatoms. The highest BCUT2D eigenvalue weighted by Gasteiger charge is 2.07. The Hall–Kier alpha value is -0.200. The lowest BCUT2D eigenvalue weighted by molar-refractivity contribution is 0.171. The number of likely N-dealkylation sites (tertiary alicyclic amines) is 1. The van der Waals surface area contributed by atoms with Crippen LogP contribution in [0.3, 0.4) is 0 Å². The Balaban J connectivity index is 0.000000335. The van der Waals surface area contributed by atoms with Gasteiger partial charge in [-0.15, -0.1) is 0 Å². The minimum absolute atomic E-state index is 1.14. The summed E-state index contributed by atoms with van der Waals surface area (Å²) in [5, 5.41) is 8.46. The Morgan fingerprint density at radius 3 is 1.57 bits per heavy atom. The zero-order chi connectivity index (χ0) is 17.2. The first-order valence-electron chi connectivity index (χ1n) is 9.72. The Morgan fingerprint density at radius 1 is 0.696 bits per heavy atom. The van der Waals surface area contributed by atoms with Gasteiger partial charge in [0, 0.05) is 26.2 Å². The summed E-state index contributed by atoms with van der Waals surface area (Å²) in [5.41, 5.74) is 3.14. The minimum atomic E-state index is 1.14. The second-order valence-corrected chi connectivity index (χ2v) is 6.38. The molecule has 0 spiro atoms. The maximum absolute atomic E-state index is 3.17. The van der Waals surface area contributed by atoms with E-state index in [4.69, 9.17) is 0 Å². The van der Waals surface area contributed by atoms with E-state index in [2.05, 4.69) is 32.9 Å². The molecule has 0 bridgehead atoms. The highest BCUT2D eigenvalue weighted by molar-refractivity contribution is 4.64. The number of piperidine rings is 2. The summed E-state index contributed by atoms with van der Waals surface area (Å²) in [6, 6.07) is 0. The molecule has 0 atom stereocenters. The quantitative estimate of drug-likeness (QED) is 0.695. The van der Waals surface area contributed by atoms with Gasteiger partial charge in [-0.1, -0.05) is 19.8 Å². The van der Waals surface area contributed by atoms with E-state index in [0.29, 0.717) is 0 Å². The van der Waals surface area contributed by atoms with E-state index < -0.39 is 0 Å². The first-order valence-corrected chi connectivity index (χ1v) is 9.72. The van der Waals surface area contributed by atoms with Crippen molar-refractivity contribution in [1.82, 2.24) is 26.0 Å². The van der Waals surface area contributed by atoms with Crippen LogP contribution < -0.4 is 16.1 Å². The van der Waals surface area contributed by atoms with Gasteiger partial charge in [0.1, 0.15) is 0 Å². The van der Waals surface area contributed by atoms with Gasteiger partial charge in [0.2, 0.25) is 0 Å². The molecule has 2 aliphatic rings. The molecule has 0 aromatic heterocycles. The van der Waals surface area contributed by atoms with Crippen LogP contribution in [0.15, 0.2) is 0 Å². The molecule has 2 aliphatic heterocycles. The Labute approximate surface area is 145 Å². The van der Waals surface area contributed by atoms with Gasteiger partial charge < -0.3 is 15.5 Å². The molecule has 5 nitrogen and oxygen atoms in total. The number of nitrogens with one attached hydrogen (secondary N) is 3. The normalized spacial score (nSPS) is 19.3. The van der Waals surface area contributed by atoms with Crippen LogP contribution in [0.5, 0.6) is 0 Å². The van der Waals surface area contributed by atoms with E-state index in [-0.39, 0.29) is 0 Å². The van der Waals surface area contributed by atoms with Gasteiger partial charge in [0.15, 0.2) is 0 Å². The fraction of sp³-hybridized carbons (Fsp3) is 1.00. The van der Waals surface area contributed by atoms with Crippen molar-refractivity contribution >= 4 is 0 Å². The van der Waals surface area contributed by atoms with Crippen molar-refractivity contribution < 1.29 is 0 Å². The fourth-order valence-electron chi connectivity index (χ4n) is 2.82. The number of hydrogen-bond donors (Lipinski definition) is 3. The molecule has 0 aliphatic carbocycles. The van der Waals surface area contributed by atoms with Crippen LogP contribution in [-0.2, 0) is 0 Å². The summed E-state index contributed by atoms with van der Waals surface area (Å²) in [5.74, 6) is 0. The Morgan fingerprint density at radius 2 is 1.22 bits per heavy atom. The zero-order valence-electron chi connectivity index (χ0n) is 16.3. The second-order valence-electron chi connectivity index (χ2n) is 6.38. The molecule has 0 amide bonds. The first kappa shape index (κ1) is 22.8. The highest BCUT2D eigenvalue weighted by atomic mass is 15.5. The third-order valence-electron chi connectivity index (χ3n) is 4.30. The topological polar surface area (TPSA) is 42.6 Å². The predicted molar refractivity (Wildman–Crippen MR) is 103 cm³/mol. The summed E-state index contributed by atoms with van der Waals surface area (Å²) >= 11 is 0. The summed E-state index contributed by atoms with van der Waals surface area (Å²) in [7, 11) is 5.97. The SMILES string of the molecule is CCCNC.CNCCN1CCCCC1.CNN1CCCCC1. The van der Waals surface area contributed by atoms with Crippen molar-refractivity contribution in [2.24, 2.45) is 0 Å². The lowest BCUT2D eigenvalue weighted by atomic mass is 10.1. The number of likely N-dealkylation sites (N-methyl/N-ethyl adjacent to an activating group) is 1. The molecule has 2 saturated heterocycles. The van der Waals surface area contributed by atoms with Crippen molar-refractivity contribution in [1.29, 1.82) is 0 Å². The van der Waals surface area contributed by atoms with E-state index in [1.165, 1.54) is 77.7 Å². The molecule has 140 valence electrons. The third kappa shape index (κ3) is 15.1. The van der Waals surface area contributed by atoms with Gasteiger partial charge in [-0.2, -0.15) is 0 Å². The number of nitrogens with zero attached hydrogens (tertiary/aromatic N) is 2. The van der Waals surface area contributed by atoms with Gasteiger partial charge in [-0.3, -0.25) is 5.43 Å². The molecule has 0 aromatic carbocycles. The van der Waals surface area contributed by atoms with Crippen molar-refractivity contribution in [2.75, 3.05) is 67.0 Å². The molecule has 2 heterocycles. The third-order valence-corrected chi connectivity index (χ3v) is 4.30. The van der Waals surface area contributed by atoms with E-state index in [1.54, 1.807) is 0 Å². The largest absolute Gasteiger partial charge is 0.320 e. The van der Waals surface area contributed by atoms with Crippen LogP contribution in [0.2, 0.25) is 0 Å². The van der Waals surface area contributed by atoms with E-state index in [0.717, 1.165) is 13.1 Å². The molecule has 0 radical (unpaired) electrons. The standard InChI is InChI=1S/C8H18N2.C6H14N2.C4H11N/c1-9-5-8-10-6-3-2-4-7-10;1-7-8-5-3-2-4-6-8;1-3-4-5-2/h9H,2-8H2,1H3;7H,2-6H2,1H3;5H,3-4H2,1-2H3. The monoisotopic (exact) mass is 329 g/mol. The van der Waals surface area contributed by atoms with Gasteiger partial charge in [-0.25, -0.2) is 5.01 Å². The molecular formula is C18H43N5. The number of hydrogen-bond acceptors (Lipinski definition) is 5. The molecule has 23 heavy (non-hydrogen) atoms. The second kappa shape index (κ2) is 18.1. The summed E-state index contributed by atoms with van der Waals surface area (Å²) < 4.78 is 0. The van der Waals surface area contributed by atoms with Crippen LogP contribution in [0, 0.1) is 0 Å². The molecular weight excluding hydrogens is 286 g/mol. The first-order chi connectivity index (χ1) is 11.3. The van der Waals surface area contributed by atoms with Crippen LogP contribution in [0.25, 0.3) is 0 Å². The maximum atomic E-state index is 3.17. The highest BCUT2D eigenvalue weighted by Crippen LogP contribution is 2.07. The summed E-state index contributed by atoms with van der Waals surface area (Å²) in [6.07, 6.45) is 9.62. The summed E-state index contributed by atoms with van der Waals surface area (Å²) in [6.45, 7) is 10.8. The van der Waals surface area contributed by atoms with Crippen molar-refractivity contribution in [2.45, 2.75) is 51.9 Å². The maximum Gasteiger partial charge on any atom is 0.0130 e. The van der Waals surface area contributed by atoms with Crippen molar-refractivity contribution in [3.8, 4) is 0 Å².